The van der Waals surface area contributed by atoms with E-state index in [-0.39, 0.29) is 5.92 Å². The third kappa shape index (κ3) is 2.88. The molecule has 2 aromatic carbocycles. The molecular formula is C18H23NO2. The second-order valence-corrected chi connectivity index (χ2v) is 5.79. The number of benzene rings is 2. The molecule has 2 aromatic rings. The molecule has 0 fully saturated rings. The maximum Gasteiger partial charge on any atom is 0.121 e. The summed E-state index contributed by atoms with van der Waals surface area (Å²) in [6.07, 6.45) is 0. The normalized spacial score (nSPS) is 11.1. The van der Waals surface area contributed by atoms with E-state index in [2.05, 4.69) is 0 Å². The summed E-state index contributed by atoms with van der Waals surface area (Å²) in [7, 11) is 0. The smallest absolute Gasteiger partial charge is 0.121 e. The topological polar surface area (TPSA) is 66.5 Å². The first-order valence-corrected chi connectivity index (χ1v) is 7.15. The number of hydrogen-bond acceptors (Lipinski definition) is 3. The lowest BCUT2D eigenvalue weighted by molar-refractivity contribution is 0.466. The Kier molecular flexibility index (Phi) is 4.24. The van der Waals surface area contributed by atoms with Crippen LogP contribution in [0.25, 0.3) is 0 Å². The quantitative estimate of drug-likeness (QED) is 0.809. The lowest BCUT2D eigenvalue weighted by Crippen LogP contribution is -2.14. The van der Waals surface area contributed by atoms with Crippen LogP contribution in [0.2, 0.25) is 0 Å². The van der Waals surface area contributed by atoms with Gasteiger partial charge in [-0.15, -0.1) is 0 Å². The average molecular weight is 285 g/mol. The Hall–Kier alpha value is -2.00. The highest BCUT2D eigenvalue weighted by molar-refractivity contribution is 5.49. The predicted octanol–water partition coefficient (Wildman–Crippen LogP) is 3.42. The van der Waals surface area contributed by atoms with Gasteiger partial charge in [-0.2, -0.15) is 0 Å². The molecule has 0 radical (unpaired) electrons. The van der Waals surface area contributed by atoms with E-state index in [1.165, 1.54) is 0 Å². The summed E-state index contributed by atoms with van der Waals surface area (Å²) < 4.78 is 0. The molecule has 0 saturated heterocycles. The summed E-state index contributed by atoms with van der Waals surface area (Å²) in [4.78, 5) is 0. The molecule has 0 heterocycles. The highest BCUT2D eigenvalue weighted by atomic mass is 16.3. The molecule has 0 amide bonds. The summed E-state index contributed by atoms with van der Waals surface area (Å²) in [6, 6.07) is 7.93. The number of hydrogen-bond donors (Lipinski definition) is 3. The van der Waals surface area contributed by atoms with Crippen molar-refractivity contribution in [1.82, 2.24) is 0 Å². The van der Waals surface area contributed by atoms with Gasteiger partial charge in [0.2, 0.25) is 0 Å². The van der Waals surface area contributed by atoms with Gasteiger partial charge >= 0.3 is 0 Å². The fourth-order valence-electron chi connectivity index (χ4n) is 2.85. The monoisotopic (exact) mass is 285 g/mol. The second-order valence-electron chi connectivity index (χ2n) is 5.79. The first-order valence-electron chi connectivity index (χ1n) is 7.15. The van der Waals surface area contributed by atoms with Crippen LogP contribution in [-0.4, -0.2) is 16.8 Å². The van der Waals surface area contributed by atoms with Crippen molar-refractivity contribution in [3.8, 4) is 11.5 Å². The third-order valence-electron chi connectivity index (χ3n) is 4.07. The summed E-state index contributed by atoms with van der Waals surface area (Å²) in [5.74, 6) is 0.737. The molecule has 0 aromatic heterocycles. The molecule has 0 saturated carbocycles. The standard InChI is InChI=1S/C18H23NO2/c1-10-5-14(6-11(2)17(10)20)16(9-19)15-7-12(3)18(21)13(4)8-15/h5-8,16,20-21H,9,19H2,1-4H3. The number of aryl methyl sites for hydroxylation is 4. The molecule has 3 nitrogen and oxygen atoms in total. The molecule has 4 N–H and O–H groups in total. The zero-order valence-electron chi connectivity index (χ0n) is 13.1. The van der Waals surface area contributed by atoms with Crippen molar-refractivity contribution in [1.29, 1.82) is 0 Å². The molecule has 0 atom stereocenters. The summed E-state index contributed by atoms with van der Waals surface area (Å²) in [5.41, 5.74) is 11.6. The largest absolute Gasteiger partial charge is 0.507 e. The zero-order valence-corrected chi connectivity index (χ0v) is 13.1. The van der Waals surface area contributed by atoms with E-state index in [0.717, 1.165) is 33.4 Å². The Labute approximate surface area is 126 Å². The van der Waals surface area contributed by atoms with Crippen molar-refractivity contribution in [2.75, 3.05) is 6.54 Å². The molecule has 0 aliphatic carbocycles. The van der Waals surface area contributed by atoms with E-state index < -0.39 is 0 Å². The number of aromatic hydroxyl groups is 2. The fourth-order valence-corrected chi connectivity index (χ4v) is 2.85. The van der Waals surface area contributed by atoms with Gasteiger partial charge in [0, 0.05) is 12.5 Å². The number of nitrogens with two attached hydrogens (primary N) is 1. The molecule has 112 valence electrons. The van der Waals surface area contributed by atoms with Gasteiger partial charge in [0.05, 0.1) is 0 Å². The minimum absolute atomic E-state index is 0.0565. The van der Waals surface area contributed by atoms with Crippen LogP contribution in [0.1, 0.15) is 39.3 Å². The van der Waals surface area contributed by atoms with Crippen LogP contribution < -0.4 is 5.73 Å². The van der Waals surface area contributed by atoms with Gasteiger partial charge in [0.15, 0.2) is 0 Å². The molecule has 21 heavy (non-hydrogen) atoms. The Morgan fingerprint density at radius 3 is 1.29 bits per heavy atom. The maximum atomic E-state index is 9.92. The highest BCUT2D eigenvalue weighted by Crippen LogP contribution is 2.33. The third-order valence-corrected chi connectivity index (χ3v) is 4.07. The predicted molar refractivity (Wildman–Crippen MR) is 86.1 cm³/mol. The van der Waals surface area contributed by atoms with Gasteiger partial charge in [-0.25, -0.2) is 0 Å². The number of rotatable bonds is 3. The minimum atomic E-state index is 0.0565. The molecule has 0 aliphatic rings. The first kappa shape index (κ1) is 15.4. The van der Waals surface area contributed by atoms with Crippen LogP contribution in [0.3, 0.4) is 0 Å². The molecule has 0 unspecified atom stereocenters. The van der Waals surface area contributed by atoms with E-state index in [1.54, 1.807) is 0 Å². The summed E-state index contributed by atoms with van der Waals surface area (Å²) in [6.45, 7) is 8.06. The Morgan fingerprint density at radius 2 is 1.05 bits per heavy atom. The Bertz CT molecular complexity index is 573. The number of phenols is 2. The molecule has 3 heteroatoms. The highest BCUT2D eigenvalue weighted by Gasteiger charge is 2.17. The van der Waals surface area contributed by atoms with Crippen molar-refractivity contribution in [2.45, 2.75) is 33.6 Å². The van der Waals surface area contributed by atoms with Gasteiger partial charge in [-0.05, 0) is 61.1 Å². The van der Waals surface area contributed by atoms with Crippen LogP contribution in [0.15, 0.2) is 24.3 Å². The van der Waals surface area contributed by atoms with Gasteiger partial charge in [0.1, 0.15) is 11.5 Å². The van der Waals surface area contributed by atoms with E-state index >= 15 is 0 Å². The van der Waals surface area contributed by atoms with Gasteiger partial charge in [-0.1, -0.05) is 24.3 Å². The van der Waals surface area contributed by atoms with Crippen LogP contribution >= 0.6 is 0 Å². The van der Waals surface area contributed by atoms with Crippen LogP contribution in [0.5, 0.6) is 11.5 Å². The number of phenolic OH excluding ortho intramolecular Hbond substituents is 2. The first-order chi connectivity index (χ1) is 9.85. The van der Waals surface area contributed by atoms with E-state index in [9.17, 15) is 10.2 Å². The Balaban J connectivity index is 2.54. The lowest BCUT2D eigenvalue weighted by Gasteiger charge is -2.20. The molecule has 0 bridgehead atoms. The van der Waals surface area contributed by atoms with Crippen LogP contribution in [0.4, 0.5) is 0 Å². The van der Waals surface area contributed by atoms with Crippen molar-refractivity contribution in [3.63, 3.8) is 0 Å². The van der Waals surface area contributed by atoms with Crippen LogP contribution in [-0.2, 0) is 0 Å². The lowest BCUT2D eigenvalue weighted by atomic mass is 9.87. The molecule has 0 spiro atoms. The summed E-state index contributed by atoms with van der Waals surface area (Å²) in [5, 5.41) is 19.8. The van der Waals surface area contributed by atoms with Crippen molar-refractivity contribution >= 4 is 0 Å². The van der Waals surface area contributed by atoms with Crippen LogP contribution in [0, 0.1) is 27.7 Å². The second kappa shape index (κ2) is 5.78. The molecular weight excluding hydrogens is 262 g/mol. The van der Waals surface area contributed by atoms with Gasteiger partial charge in [0.25, 0.3) is 0 Å². The maximum absolute atomic E-state index is 9.92. The van der Waals surface area contributed by atoms with Crippen molar-refractivity contribution in [2.24, 2.45) is 5.73 Å². The van der Waals surface area contributed by atoms with E-state index in [4.69, 9.17) is 5.73 Å². The summed E-state index contributed by atoms with van der Waals surface area (Å²) >= 11 is 0. The van der Waals surface area contributed by atoms with Crippen molar-refractivity contribution in [3.05, 3.63) is 57.6 Å². The van der Waals surface area contributed by atoms with Gasteiger partial charge < -0.3 is 15.9 Å². The Morgan fingerprint density at radius 1 is 0.762 bits per heavy atom. The molecule has 2 rings (SSSR count). The zero-order chi connectivity index (χ0) is 15.7. The molecule has 0 aliphatic heterocycles. The van der Waals surface area contributed by atoms with Crippen molar-refractivity contribution < 1.29 is 10.2 Å². The SMILES string of the molecule is Cc1cc(C(CN)c2cc(C)c(O)c(C)c2)cc(C)c1O. The van der Waals surface area contributed by atoms with E-state index in [0.29, 0.717) is 18.0 Å². The average Bonchev–Trinajstić information content (AvgIpc) is 2.42. The van der Waals surface area contributed by atoms with Gasteiger partial charge in [-0.3, -0.25) is 0 Å². The minimum Gasteiger partial charge on any atom is -0.507 e. The van der Waals surface area contributed by atoms with E-state index in [1.807, 2.05) is 52.0 Å². The fraction of sp³-hybridized carbons (Fsp3) is 0.333.